The summed E-state index contributed by atoms with van der Waals surface area (Å²) < 4.78 is 33.1. The van der Waals surface area contributed by atoms with E-state index in [1.165, 1.54) is 0 Å². The SMILES string of the molecule is C#CCC(OC)c1ccccc1NS(=O)(=O)c1ccc(C)cc1. The minimum absolute atomic E-state index is 0.212. The van der Waals surface area contributed by atoms with Gasteiger partial charge in [-0.2, -0.15) is 0 Å². The van der Waals surface area contributed by atoms with Crippen LogP contribution in [0.15, 0.2) is 53.4 Å². The van der Waals surface area contributed by atoms with E-state index < -0.39 is 10.0 Å². The number of hydrogen-bond donors (Lipinski definition) is 1. The number of methoxy groups -OCH3 is 1. The molecule has 1 atom stereocenters. The van der Waals surface area contributed by atoms with Gasteiger partial charge in [0.15, 0.2) is 0 Å². The lowest BCUT2D eigenvalue weighted by Crippen LogP contribution is -2.15. The molecule has 0 aromatic heterocycles. The van der Waals surface area contributed by atoms with Crippen LogP contribution < -0.4 is 4.72 Å². The molecule has 2 aromatic rings. The van der Waals surface area contributed by atoms with Gasteiger partial charge in [0.05, 0.1) is 16.7 Å². The van der Waals surface area contributed by atoms with E-state index in [2.05, 4.69) is 10.6 Å². The second-order valence-corrected chi connectivity index (χ2v) is 6.82. The Labute approximate surface area is 137 Å². The standard InChI is InChI=1S/C18H19NO3S/c1-4-7-18(22-3)16-8-5-6-9-17(16)19-23(20,21)15-12-10-14(2)11-13-15/h1,5-6,8-13,18-19H,7H2,2-3H3. The number of terminal acetylenes is 1. The van der Waals surface area contributed by atoms with E-state index >= 15 is 0 Å². The summed E-state index contributed by atoms with van der Waals surface area (Å²) in [6, 6.07) is 13.8. The zero-order valence-electron chi connectivity index (χ0n) is 13.1. The van der Waals surface area contributed by atoms with Gasteiger partial charge in [-0.3, -0.25) is 4.72 Å². The van der Waals surface area contributed by atoms with Gasteiger partial charge in [0.2, 0.25) is 0 Å². The van der Waals surface area contributed by atoms with Gasteiger partial charge in [-0.1, -0.05) is 35.9 Å². The molecule has 0 spiro atoms. The monoisotopic (exact) mass is 329 g/mol. The van der Waals surface area contributed by atoms with Crippen molar-refractivity contribution in [1.29, 1.82) is 0 Å². The van der Waals surface area contributed by atoms with Gasteiger partial charge in [-0.15, -0.1) is 12.3 Å². The summed E-state index contributed by atoms with van der Waals surface area (Å²) >= 11 is 0. The van der Waals surface area contributed by atoms with Crippen LogP contribution in [0.1, 0.15) is 23.7 Å². The first-order chi connectivity index (χ1) is 11.0. The zero-order valence-corrected chi connectivity index (χ0v) is 13.9. The number of hydrogen-bond acceptors (Lipinski definition) is 3. The Morgan fingerprint density at radius 3 is 2.43 bits per heavy atom. The molecule has 1 unspecified atom stereocenters. The van der Waals surface area contributed by atoms with Crippen molar-refractivity contribution < 1.29 is 13.2 Å². The molecule has 0 saturated carbocycles. The van der Waals surface area contributed by atoms with Crippen LogP contribution in [-0.2, 0) is 14.8 Å². The number of rotatable bonds is 6. The summed E-state index contributed by atoms with van der Waals surface area (Å²) in [4.78, 5) is 0.212. The predicted octanol–water partition coefficient (Wildman–Crippen LogP) is 3.51. The van der Waals surface area contributed by atoms with Gasteiger partial charge >= 0.3 is 0 Å². The van der Waals surface area contributed by atoms with Crippen molar-refractivity contribution in [3.8, 4) is 12.3 Å². The molecule has 0 saturated heterocycles. The fourth-order valence-electron chi connectivity index (χ4n) is 2.22. The number of benzene rings is 2. The van der Waals surface area contributed by atoms with Crippen LogP contribution in [0.3, 0.4) is 0 Å². The van der Waals surface area contributed by atoms with Crippen LogP contribution in [0.4, 0.5) is 5.69 Å². The molecule has 4 nitrogen and oxygen atoms in total. The van der Waals surface area contributed by atoms with E-state index in [0.29, 0.717) is 17.7 Å². The lowest BCUT2D eigenvalue weighted by Gasteiger charge is -2.18. The van der Waals surface area contributed by atoms with Gasteiger partial charge in [0, 0.05) is 19.1 Å². The normalized spacial score (nSPS) is 12.4. The van der Waals surface area contributed by atoms with E-state index in [1.807, 2.05) is 13.0 Å². The van der Waals surface area contributed by atoms with Crippen molar-refractivity contribution in [2.24, 2.45) is 0 Å². The van der Waals surface area contributed by atoms with E-state index in [4.69, 9.17) is 11.2 Å². The summed E-state index contributed by atoms with van der Waals surface area (Å²) in [5.41, 5.74) is 2.18. The highest BCUT2D eigenvalue weighted by Crippen LogP contribution is 2.29. The Kier molecular flexibility index (Phi) is 5.43. The molecular weight excluding hydrogens is 310 g/mol. The predicted molar refractivity (Wildman–Crippen MR) is 91.6 cm³/mol. The molecule has 1 N–H and O–H groups in total. The smallest absolute Gasteiger partial charge is 0.261 e. The number of para-hydroxylation sites is 1. The van der Waals surface area contributed by atoms with Gasteiger partial charge in [0.1, 0.15) is 0 Å². The summed E-state index contributed by atoms with van der Waals surface area (Å²) in [6.07, 6.45) is 5.35. The molecule has 0 aliphatic rings. The molecule has 0 aliphatic carbocycles. The fraction of sp³-hybridized carbons (Fsp3) is 0.222. The second-order valence-electron chi connectivity index (χ2n) is 5.14. The molecule has 2 aromatic carbocycles. The highest BCUT2D eigenvalue weighted by Gasteiger charge is 2.19. The Morgan fingerprint density at radius 2 is 1.83 bits per heavy atom. The van der Waals surface area contributed by atoms with E-state index in [1.54, 1.807) is 49.6 Å². The first-order valence-electron chi connectivity index (χ1n) is 7.12. The summed E-state index contributed by atoms with van der Waals surface area (Å²) in [5.74, 6) is 2.54. The quantitative estimate of drug-likeness (QED) is 0.825. The lowest BCUT2D eigenvalue weighted by atomic mass is 10.1. The third-order valence-corrected chi connectivity index (χ3v) is 4.85. The number of nitrogens with one attached hydrogen (secondary N) is 1. The van der Waals surface area contributed by atoms with E-state index in [-0.39, 0.29) is 11.0 Å². The molecule has 2 rings (SSSR count). The van der Waals surface area contributed by atoms with Crippen molar-refractivity contribution >= 4 is 15.7 Å². The Morgan fingerprint density at radius 1 is 1.17 bits per heavy atom. The maximum absolute atomic E-state index is 12.5. The number of sulfonamides is 1. The van der Waals surface area contributed by atoms with E-state index in [9.17, 15) is 8.42 Å². The van der Waals surface area contributed by atoms with Crippen LogP contribution in [0, 0.1) is 19.3 Å². The molecule has 0 heterocycles. The van der Waals surface area contributed by atoms with Gasteiger partial charge in [0.25, 0.3) is 10.0 Å². The van der Waals surface area contributed by atoms with Gasteiger partial charge in [-0.25, -0.2) is 8.42 Å². The molecule has 0 aliphatic heterocycles. The molecular formula is C18H19NO3S. The number of ether oxygens (including phenoxy) is 1. The maximum Gasteiger partial charge on any atom is 0.261 e. The van der Waals surface area contributed by atoms with Crippen molar-refractivity contribution in [2.75, 3.05) is 11.8 Å². The highest BCUT2D eigenvalue weighted by atomic mass is 32.2. The number of anilines is 1. The van der Waals surface area contributed by atoms with Crippen LogP contribution in [-0.4, -0.2) is 15.5 Å². The van der Waals surface area contributed by atoms with Crippen LogP contribution >= 0.6 is 0 Å². The second kappa shape index (κ2) is 7.32. The van der Waals surface area contributed by atoms with E-state index in [0.717, 1.165) is 5.56 Å². The molecule has 0 fully saturated rings. The Bertz CT molecular complexity index is 805. The molecule has 0 amide bonds. The molecule has 5 heteroatoms. The van der Waals surface area contributed by atoms with Crippen LogP contribution in [0.5, 0.6) is 0 Å². The third-order valence-electron chi connectivity index (χ3n) is 3.47. The Balaban J connectivity index is 2.36. The molecule has 0 radical (unpaired) electrons. The molecule has 23 heavy (non-hydrogen) atoms. The number of aryl methyl sites for hydroxylation is 1. The van der Waals surface area contributed by atoms with Crippen molar-refractivity contribution in [2.45, 2.75) is 24.3 Å². The first kappa shape index (κ1) is 17.1. The zero-order chi connectivity index (χ0) is 16.9. The van der Waals surface area contributed by atoms with Gasteiger partial charge in [-0.05, 0) is 25.1 Å². The molecule has 120 valence electrons. The summed E-state index contributed by atoms with van der Waals surface area (Å²) in [7, 11) is -2.12. The summed E-state index contributed by atoms with van der Waals surface area (Å²) in [6.45, 7) is 1.90. The fourth-order valence-corrected chi connectivity index (χ4v) is 3.31. The summed E-state index contributed by atoms with van der Waals surface area (Å²) in [5, 5.41) is 0. The maximum atomic E-state index is 12.5. The van der Waals surface area contributed by atoms with Crippen molar-refractivity contribution in [3.05, 3.63) is 59.7 Å². The topological polar surface area (TPSA) is 55.4 Å². The lowest BCUT2D eigenvalue weighted by molar-refractivity contribution is 0.108. The average molecular weight is 329 g/mol. The minimum Gasteiger partial charge on any atom is -0.376 e. The highest BCUT2D eigenvalue weighted by molar-refractivity contribution is 7.92. The van der Waals surface area contributed by atoms with Crippen molar-refractivity contribution in [3.63, 3.8) is 0 Å². The van der Waals surface area contributed by atoms with Crippen molar-refractivity contribution in [1.82, 2.24) is 0 Å². The minimum atomic E-state index is -3.67. The third kappa shape index (κ3) is 4.13. The first-order valence-corrected chi connectivity index (χ1v) is 8.61. The van der Waals surface area contributed by atoms with Gasteiger partial charge < -0.3 is 4.74 Å². The average Bonchev–Trinajstić information content (AvgIpc) is 2.53. The largest absolute Gasteiger partial charge is 0.376 e. The Hall–Kier alpha value is -2.29. The van der Waals surface area contributed by atoms with Crippen LogP contribution in [0.25, 0.3) is 0 Å². The van der Waals surface area contributed by atoms with Crippen LogP contribution in [0.2, 0.25) is 0 Å². The molecule has 0 bridgehead atoms.